The highest BCUT2D eigenvalue weighted by Gasteiger charge is 2.22. The van der Waals surface area contributed by atoms with Crippen LogP contribution in [0.15, 0.2) is 23.2 Å². The van der Waals surface area contributed by atoms with Gasteiger partial charge < -0.3 is 20.1 Å². The molecule has 2 N–H and O–H groups in total. The molecule has 1 aliphatic rings. The van der Waals surface area contributed by atoms with Crippen molar-refractivity contribution in [3.63, 3.8) is 0 Å². The van der Waals surface area contributed by atoms with Gasteiger partial charge in [-0.1, -0.05) is 17.7 Å². The number of nitrogens with one attached hydrogen (secondary N) is 2. The van der Waals surface area contributed by atoms with Gasteiger partial charge in [0.15, 0.2) is 11.8 Å². The van der Waals surface area contributed by atoms with Crippen LogP contribution in [0.5, 0.6) is 5.75 Å². The van der Waals surface area contributed by atoms with E-state index in [1.807, 2.05) is 29.8 Å². The number of nitrogens with zero attached hydrogens (tertiary/aromatic N) is 4. The Morgan fingerprint density at radius 2 is 2.29 bits per heavy atom. The van der Waals surface area contributed by atoms with Crippen LogP contribution in [0.4, 0.5) is 0 Å². The molecule has 0 fully saturated rings. The van der Waals surface area contributed by atoms with E-state index in [1.165, 1.54) is 0 Å². The summed E-state index contributed by atoms with van der Waals surface area (Å²) < 4.78 is 12.8. The van der Waals surface area contributed by atoms with Crippen molar-refractivity contribution in [3.8, 4) is 5.75 Å². The number of guanidine groups is 1. The lowest BCUT2D eigenvalue weighted by Gasteiger charge is -2.25. The lowest BCUT2D eigenvalue weighted by Crippen LogP contribution is -2.46. The molecule has 3 rings (SSSR count). The Kier molecular flexibility index (Phi) is 7.11. The van der Waals surface area contributed by atoms with Crippen LogP contribution >= 0.6 is 11.6 Å². The average Bonchev–Trinajstić information content (AvgIpc) is 3.08. The normalized spacial score (nSPS) is 16.6. The van der Waals surface area contributed by atoms with E-state index in [0.717, 1.165) is 48.3 Å². The molecule has 0 radical (unpaired) electrons. The largest absolute Gasteiger partial charge is 0.493 e. The maximum Gasteiger partial charge on any atom is 0.191 e. The van der Waals surface area contributed by atoms with Gasteiger partial charge in [0.1, 0.15) is 18.2 Å². The van der Waals surface area contributed by atoms with Crippen LogP contribution in [0.1, 0.15) is 30.6 Å². The van der Waals surface area contributed by atoms with Crippen molar-refractivity contribution in [1.29, 1.82) is 0 Å². The summed E-state index contributed by atoms with van der Waals surface area (Å²) in [4.78, 5) is 8.86. The molecule has 0 spiro atoms. The number of hydrogen-bond acceptors (Lipinski definition) is 5. The molecule has 1 aliphatic heterocycles. The molecule has 2 heterocycles. The van der Waals surface area contributed by atoms with Gasteiger partial charge in [-0.25, -0.2) is 9.67 Å². The summed E-state index contributed by atoms with van der Waals surface area (Å²) in [6.07, 6.45) is 1.84. The van der Waals surface area contributed by atoms with E-state index in [-0.39, 0.29) is 6.04 Å². The maximum absolute atomic E-state index is 6.08. The fourth-order valence-electron chi connectivity index (χ4n) is 3.20. The molecule has 0 aliphatic carbocycles. The molecule has 152 valence electrons. The lowest BCUT2D eigenvalue weighted by atomic mass is 10.1. The van der Waals surface area contributed by atoms with Crippen molar-refractivity contribution < 1.29 is 9.47 Å². The van der Waals surface area contributed by atoms with E-state index < -0.39 is 0 Å². The Hall–Kier alpha value is -2.32. The number of fused-ring (bicyclic) bond motifs is 1. The standard InChI is InChI=1S/C19H27ClN6O2/c1-4-28-16-9-14(20)6-5-13(16)10-22-19(21-2)23-15-7-8-18-24-17(12-27-3)25-26(18)11-15/h5-6,9,15H,4,7-8,10-12H2,1-3H3,(H2,21,22,23). The predicted octanol–water partition coefficient (Wildman–Crippen LogP) is 2.16. The van der Waals surface area contributed by atoms with Crippen LogP contribution in [0.2, 0.25) is 5.02 Å². The average molecular weight is 407 g/mol. The number of aromatic nitrogens is 3. The Labute approximate surface area is 170 Å². The topological polar surface area (TPSA) is 85.6 Å². The van der Waals surface area contributed by atoms with Gasteiger partial charge in [0.25, 0.3) is 0 Å². The van der Waals surface area contributed by atoms with Crippen molar-refractivity contribution >= 4 is 17.6 Å². The van der Waals surface area contributed by atoms with E-state index in [1.54, 1.807) is 14.2 Å². The number of hydrogen-bond donors (Lipinski definition) is 2. The van der Waals surface area contributed by atoms with Gasteiger partial charge in [-0.15, -0.1) is 0 Å². The molecule has 28 heavy (non-hydrogen) atoms. The minimum Gasteiger partial charge on any atom is -0.493 e. The van der Waals surface area contributed by atoms with Gasteiger partial charge in [0.2, 0.25) is 0 Å². The zero-order valence-corrected chi connectivity index (χ0v) is 17.3. The van der Waals surface area contributed by atoms with Crippen molar-refractivity contribution in [2.45, 2.75) is 45.5 Å². The minimum absolute atomic E-state index is 0.229. The molecule has 0 saturated heterocycles. The van der Waals surface area contributed by atoms with E-state index >= 15 is 0 Å². The summed E-state index contributed by atoms with van der Waals surface area (Å²) in [6, 6.07) is 5.89. The van der Waals surface area contributed by atoms with Gasteiger partial charge in [-0.3, -0.25) is 4.99 Å². The van der Waals surface area contributed by atoms with Gasteiger partial charge in [0.05, 0.1) is 13.2 Å². The zero-order valence-electron chi connectivity index (χ0n) is 16.5. The molecular formula is C19H27ClN6O2. The molecule has 1 atom stereocenters. The van der Waals surface area contributed by atoms with Crippen LogP contribution in [-0.2, 0) is 30.9 Å². The number of halogens is 1. The van der Waals surface area contributed by atoms with Gasteiger partial charge >= 0.3 is 0 Å². The fourth-order valence-corrected chi connectivity index (χ4v) is 3.36. The second-order valence-corrected chi connectivity index (χ2v) is 6.99. The third kappa shape index (κ3) is 5.14. The summed E-state index contributed by atoms with van der Waals surface area (Å²) in [5.74, 6) is 3.26. The molecule has 1 unspecified atom stereocenters. The highest BCUT2D eigenvalue weighted by atomic mass is 35.5. The van der Waals surface area contributed by atoms with Crippen molar-refractivity contribution in [2.24, 2.45) is 4.99 Å². The Bertz CT molecular complexity index is 823. The zero-order chi connectivity index (χ0) is 19.9. The predicted molar refractivity (Wildman–Crippen MR) is 109 cm³/mol. The summed E-state index contributed by atoms with van der Waals surface area (Å²) in [5.41, 5.74) is 1.03. The quantitative estimate of drug-likeness (QED) is 0.541. The monoisotopic (exact) mass is 406 g/mol. The minimum atomic E-state index is 0.229. The summed E-state index contributed by atoms with van der Waals surface area (Å²) in [5, 5.41) is 12.0. The van der Waals surface area contributed by atoms with E-state index in [9.17, 15) is 0 Å². The number of benzene rings is 1. The van der Waals surface area contributed by atoms with Crippen LogP contribution in [0.25, 0.3) is 0 Å². The van der Waals surface area contributed by atoms with Crippen molar-refractivity contribution in [1.82, 2.24) is 25.4 Å². The molecule has 2 aromatic rings. The Morgan fingerprint density at radius 1 is 1.43 bits per heavy atom. The number of aryl methyl sites for hydroxylation is 1. The first-order valence-corrected chi connectivity index (χ1v) is 9.80. The maximum atomic E-state index is 6.08. The van der Waals surface area contributed by atoms with Crippen molar-refractivity contribution in [3.05, 3.63) is 40.4 Å². The highest BCUT2D eigenvalue weighted by molar-refractivity contribution is 6.30. The van der Waals surface area contributed by atoms with Crippen LogP contribution in [0, 0.1) is 0 Å². The molecule has 1 aromatic heterocycles. The van der Waals surface area contributed by atoms with E-state index in [0.29, 0.717) is 24.8 Å². The molecule has 8 nitrogen and oxygen atoms in total. The van der Waals surface area contributed by atoms with E-state index in [4.69, 9.17) is 21.1 Å². The highest BCUT2D eigenvalue weighted by Crippen LogP contribution is 2.23. The number of ether oxygens (including phenoxy) is 2. The molecule has 1 aromatic carbocycles. The number of methoxy groups -OCH3 is 1. The van der Waals surface area contributed by atoms with Crippen molar-refractivity contribution in [2.75, 3.05) is 20.8 Å². The summed E-state index contributed by atoms with van der Waals surface area (Å²) >= 11 is 6.08. The number of aliphatic imine (C=N–C) groups is 1. The van der Waals surface area contributed by atoms with Crippen LogP contribution in [0.3, 0.4) is 0 Å². The first-order chi connectivity index (χ1) is 13.6. The molecule has 0 bridgehead atoms. The van der Waals surface area contributed by atoms with Gasteiger partial charge in [0, 0.05) is 43.8 Å². The van der Waals surface area contributed by atoms with E-state index in [2.05, 4.69) is 25.7 Å². The summed E-state index contributed by atoms with van der Waals surface area (Å²) in [6.45, 7) is 4.32. The molecule has 9 heteroatoms. The first-order valence-electron chi connectivity index (χ1n) is 9.42. The Balaban J connectivity index is 1.58. The second kappa shape index (κ2) is 9.75. The third-order valence-electron chi connectivity index (χ3n) is 4.52. The van der Waals surface area contributed by atoms with Crippen LogP contribution in [-0.4, -0.2) is 47.5 Å². The Morgan fingerprint density at radius 3 is 3.04 bits per heavy atom. The molecular weight excluding hydrogens is 380 g/mol. The molecule has 0 saturated carbocycles. The second-order valence-electron chi connectivity index (χ2n) is 6.55. The fraction of sp³-hybridized carbons (Fsp3) is 0.526. The van der Waals surface area contributed by atoms with Gasteiger partial charge in [-0.2, -0.15) is 5.10 Å². The third-order valence-corrected chi connectivity index (χ3v) is 4.75. The summed E-state index contributed by atoms with van der Waals surface area (Å²) in [7, 11) is 3.42. The molecule has 0 amide bonds. The SMILES string of the molecule is CCOc1cc(Cl)ccc1CNC(=NC)NC1CCc2nc(COC)nn2C1. The first kappa shape index (κ1) is 20.4. The van der Waals surface area contributed by atoms with Gasteiger partial charge in [-0.05, 0) is 25.5 Å². The smallest absolute Gasteiger partial charge is 0.191 e. The number of rotatable bonds is 7. The lowest BCUT2D eigenvalue weighted by molar-refractivity contribution is 0.177. The van der Waals surface area contributed by atoms with Crippen LogP contribution < -0.4 is 15.4 Å².